The zero-order valence-electron chi connectivity index (χ0n) is 17.5. The number of carbonyl (C=O) groups is 1. The molecule has 0 spiro atoms. The third-order valence-corrected chi connectivity index (χ3v) is 6.35. The first-order valence-electron chi connectivity index (χ1n) is 10.2. The number of β-amino-alcohol motifs (C(OH)–C–C–N with tert-alkyl or cyclic N) is 1. The summed E-state index contributed by atoms with van der Waals surface area (Å²) < 4.78 is 12.2. The predicted octanol–water partition coefficient (Wildman–Crippen LogP) is 2.86. The fourth-order valence-corrected chi connectivity index (χ4v) is 3.73. The molecule has 0 bridgehead atoms. The van der Waals surface area contributed by atoms with Crippen molar-refractivity contribution in [3.8, 4) is 11.1 Å². The minimum Gasteiger partial charge on any atom is -0.399 e. The number of hydrogen-bond acceptors (Lipinski definition) is 4. The quantitative estimate of drug-likeness (QED) is 0.815. The molecule has 2 aliphatic heterocycles. The summed E-state index contributed by atoms with van der Waals surface area (Å²) in [6.07, 6.45) is 0.250. The van der Waals surface area contributed by atoms with Gasteiger partial charge in [0.2, 0.25) is 0 Å². The molecular weight excluding hydrogens is 365 g/mol. The molecule has 5 nitrogen and oxygen atoms in total. The molecule has 2 aromatic carbocycles. The number of nitrogens with zero attached hydrogens (tertiary/aromatic N) is 1. The monoisotopic (exact) mass is 393 g/mol. The second-order valence-corrected chi connectivity index (χ2v) is 8.98. The number of carbonyl (C=O) groups excluding carboxylic acids is 1. The van der Waals surface area contributed by atoms with Gasteiger partial charge < -0.3 is 19.3 Å². The molecule has 0 radical (unpaired) electrons. The van der Waals surface area contributed by atoms with Gasteiger partial charge in [-0.3, -0.25) is 4.79 Å². The van der Waals surface area contributed by atoms with Gasteiger partial charge in [0.15, 0.2) is 0 Å². The molecule has 1 atom stereocenters. The Hall–Kier alpha value is -2.15. The Morgan fingerprint density at radius 3 is 1.97 bits per heavy atom. The lowest BCUT2D eigenvalue weighted by Gasteiger charge is -2.32. The largest absolute Gasteiger partial charge is 0.494 e. The van der Waals surface area contributed by atoms with Crippen LogP contribution in [0.1, 0.15) is 44.5 Å². The second kappa shape index (κ2) is 7.28. The maximum Gasteiger partial charge on any atom is 0.494 e. The third kappa shape index (κ3) is 3.85. The van der Waals surface area contributed by atoms with Gasteiger partial charge in [0, 0.05) is 18.7 Å². The van der Waals surface area contributed by atoms with E-state index in [9.17, 15) is 9.90 Å². The van der Waals surface area contributed by atoms with Gasteiger partial charge in [-0.1, -0.05) is 36.4 Å². The molecule has 1 N–H and O–H groups in total. The van der Waals surface area contributed by atoms with Crippen molar-refractivity contribution in [3.63, 3.8) is 0 Å². The standard InChI is InChI=1S/C23H28BNO4/c1-22(2)23(3,4)29-24(28-22)19-11-9-17(10-12-19)16-5-7-18(8-6-16)21(27)25-14-13-20(26)15-25/h5-12,20,26H,13-15H2,1-4H3. The molecule has 2 saturated heterocycles. The van der Waals surface area contributed by atoms with Gasteiger partial charge in [0.1, 0.15) is 0 Å². The molecule has 0 saturated carbocycles. The molecule has 6 heteroatoms. The lowest BCUT2D eigenvalue weighted by molar-refractivity contribution is 0.00578. The van der Waals surface area contributed by atoms with E-state index < -0.39 is 6.10 Å². The Labute approximate surface area is 172 Å². The third-order valence-electron chi connectivity index (χ3n) is 6.35. The van der Waals surface area contributed by atoms with Crippen molar-refractivity contribution in [1.29, 1.82) is 0 Å². The van der Waals surface area contributed by atoms with E-state index in [1.165, 1.54) is 0 Å². The van der Waals surface area contributed by atoms with Gasteiger partial charge in [-0.25, -0.2) is 0 Å². The van der Waals surface area contributed by atoms with Gasteiger partial charge in [0.25, 0.3) is 5.91 Å². The Kier molecular flexibility index (Phi) is 5.05. The minimum absolute atomic E-state index is 0.0239. The number of aliphatic hydroxyl groups is 1. The van der Waals surface area contributed by atoms with Gasteiger partial charge in [0.05, 0.1) is 17.3 Å². The zero-order valence-corrected chi connectivity index (χ0v) is 17.5. The first-order chi connectivity index (χ1) is 13.7. The van der Waals surface area contributed by atoms with E-state index in [1.54, 1.807) is 4.90 Å². The molecule has 2 aromatic rings. The molecule has 4 rings (SSSR count). The van der Waals surface area contributed by atoms with Crippen molar-refractivity contribution in [2.75, 3.05) is 13.1 Å². The molecule has 0 aromatic heterocycles. The highest BCUT2D eigenvalue weighted by molar-refractivity contribution is 6.62. The average molecular weight is 393 g/mol. The Bertz CT molecular complexity index is 876. The van der Waals surface area contributed by atoms with Crippen LogP contribution in [0.5, 0.6) is 0 Å². The van der Waals surface area contributed by atoms with Crippen molar-refractivity contribution >= 4 is 18.5 Å². The smallest absolute Gasteiger partial charge is 0.399 e. The van der Waals surface area contributed by atoms with Crippen LogP contribution in [0.4, 0.5) is 0 Å². The Morgan fingerprint density at radius 2 is 1.48 bits per heavy atom. The topological polar surface area (TPSA) is 59.0 Å². The number of rotatable bonds is 3. The summed E-state index contributed by atoms with van der Waals surface area (Å²) >= 11 is 0. The average Bonchev–Trinajstić information content (AvgIpc) is 3.21. The van der Waals surface area contributed by atoms with E-state index >= 15 is 0 Å². The molecule has 1 unspecified atom stereocenters. The van der Waals surface area contributed by atoms with E-state index in [-0.39, 0.29) is 24.2 Å². The lowest BCUT2D eigenvalue weighted by atomic mass is 9.78. The molecule has 29 heavy (non-hydrogen) atoms. The van der Waals surface area contributed by atoms with Crippen LogP contribution in [0, 0.1) is 0 Å². The number of aliphatic hydroxyl groups excluding tert-OH is 1. The SMILES string of the molecule is CC1(C)OB(c2ccc(-c3ccc(C(=O)N4CCC(O)C4)cc3)cc2)OC1(C)C. The van der Waals surface area contributed by atoms with Crippen LogP contribution in [0.2, 0.25) is 0 Å². The van der Waals surface area contributed by atoms with Gasteiger partial charge >= 0.3 is 7.12 Å². The Morgan fingerprint density at radius 1 is 0.966 bits per heavy atom. The zero-order chi connectivity index (χ0) is 20.8. The number of amides is 1. The molecule has 152 valence electrons. The summed E-state index contributed by atoms with van der Waals surface area (Å²) in [6, 6.07) is 15.8. The first-order valence-corrected chi connectivity index (χ1v) is 10.2. The summed E-state index contributed by atoms with van der Waals surface area (Å²) in [5.41, 5.74) is 3.04. The number of benzene rings is 2. The minimum atomic E-state index is -0.402. The highest BCUT2D eigenvalue weighted by Crippen LogP contribution is 2.36. The van der Waals surface area contributed by atoms with Crippen LogP contribution in [-0.2, 0) is 9.31 Å². The van der Waals surface area contributed by atoms with Crippen LogP contribution in [-0.4, -0.2) is 53.4 Å². The second-order valence-electron chi connectivity index (χ2n) is 8.98. The van der Waals surface area contributed by atoms with E-state index in [2.05, 4.69) is 0 Å². The normalized spacial score (nSPS) is 22.9. The van der Waals surface area contributed by atoms with Gasteiger partial charge in [-0.2, -0.15) is 0 Å². The first kappa shape index (κ1) is 20.1. The predicted molar refractivity (Wildman–Crippen MR) is 114 cm³/mol. The fraction of sp³-hybridized carbons (Fsp3) is 0.435. The molecule has 2 aliphatic rings. The fourth-order valence-electron chi connectivity index (χ4n) is 3.73. The van der Waals surface area contributed by atoms with E-state index in [0.717, 1.165) is 16.6 Å². The highest BCUT2D eigenvalue weighted by Gasteiger charge is 2.51. The van der Waals surface area contributed by atoms with Gasteiger partial charge in [-0.15, -0.1) is 0 Å². The van der Waals surface area contributed by atoms with Crippen LogP contribution >= 0.6 is 0 Å². The van der Waals surface area contributed by atoms with E-state index in [4.69, 9.17) is 9.31 Å². The number of hydrogen-bond donors (Lipinski definition) is 1. The van der Waals surface area contributed by atoms with Crippen LogP contribution < -0.4 is 5.46 Å². The van der Waals surface area contributed by atoms with Gasteiger partial charge in [-0.05, 0) is 62.8 Å². The van der Waals surface area contributed by atoms with E-state index in [1.807, 2.05) is 76.2 Å². The van der Waals surface area contributed by atoms with Crippen molar-refractivity contribution in [3.05, 3.63) is 54.1 Å². The highest BCUT2D eigenvalue weighted by atomic mass is 16.7. The lowest BCUT2D eigenvalue weighted by Crippen LogP contribution is -2.41. The van der Waals surface area contributed by atoms with Crippen molar-refractivity contribution in [2.45, 2.75) is 51.4 Å². The summed E-state index contributed by atoms with van der Waals surface area (Å²) in [7, 11) is -0.371. The van der Waals surface area contributed by atoms with Crippen molar-refractivity contribution < 1.29 is 19.2 Å². The summed E-state index contributed by atoms with van der Waals surface area (Å²) in [4.78, 5) is 14.2. The van der Waals surface area contributed by atoms with Crippen LogP contribution in [0.25, 0.3) is 11.1 Å². The summed E-state index contributed by atoms with van der Waals surface area (Å²) in [5.74, 6) is -0.0239. The van der Waals surface area contributed by atoms with Crippen LogP contribution in [0.15, 0.2) is 48.5 Å². The summed E-state index contributed by atoms with van der Waals surface area (Å²) in [5, 5.41) is 9.63. The van der Waals surface area contributed by atoms with Crippen molar-refractivity contribution in [1.82, 2.24) is 4.90 Å². The number of likely N-dealkylation sites (tertiary alicyclic amines) is 1. The molecular formula is C23H28BNO4. The maximum absolute atomic E-state index is 12.5. The molecule has 0 aliphatic carbocycles. The van der Waals surface area contributed by atoms with Crippen molar-refractivity contribution in [2.24, 2.45) is 0 Å². The molecule has 2 heterocycles. The molecule has 2 fully saturated rings. The molecule has 1 amide bonds. The van der Waals surface area contributed by atoms with E-state index in [0.29, 0.717) is 25.1 Å². The van der Waals surface area contributed by atoms with Crippen LogP contribution in [0.3, 0.4) is 0 Å². The maximum atomic E-state index is 12.5. The Balaban J connectivity index is 1.46. The summed E-state index contributed by atoms with van der Waals surface area (Å²) in [6.45, 7) is 9.23.